The molecule has 0 aromatic heterocycles. The lowest BCUT2D eigenvalue weighted by Gasteiger charge is -2.31. The summed E-state index contributed by atoms with van der Waals surface area (Å²) in [5.41, 5.74) is 5.36. The molecule has 1 rings (SSSR count). The minimum atomic E-state index is -3.32. The van der Waals surface area contributed by atoms with Crippen molar-refractivity contribution in [3.05, 3.63) is 0 Å². The zero-order valence-electron chi connectivity index (χ0n) is 10.6. The van der Waals surface area contributed by atoms with E-state index in [9.17, 15) is 8.42 Å². The van der Waals surface area contributed by atoms with Crippen molar-refractivity contribution in [2.75, 3.05) is 26.2 Å². The molecule has 0 aliphatic carbocycles. The Bertz CT molecular complexity index is 311. The lowest BCUT2D eigenvalue weighted by atomic mass is 10.1. The summed E-state index contributed by atoms with van der Waals surface area (Å²) < 4.78 is 33.3. The van der Waals surface area contributed by atoms with E-state index in [4.69, 9.17) is 10.5 Å². The quantitative estimate of drug-likeness (QED) is 0.688. The maximum atomic E-state index is 11.9. The molecule has 7 heteroatoms. The van der Waals surface area contributed by atoms with Gasteiger partial charge in [-0.3, -0.25) is 0 Å². The van der Waals surface area contributed by atoms with Gasteiger partial charge in [0.05, 0.1) is 12.7 Å². The molecular formula is C10H23N3O3S. The molecule has 102 valence electrons. The number of nitrogens with zero attached hydrogens (tertiary/aromatic N) is 1. The molecule has 6 nitrogen and oxygen atoms in total. The molecule has 0 spiro atoms. The molecule has 0 radical (unpaired) electrons. The van der Waals surface area contributed by atoms with Crippen LogP contribution in [0.4, 0.5) is 0 Å². The minimum Gasteiger partial charge on any atom is -0.377 e. The number of hydrogen-bond donors (Lipinski definition) is 2. The molecule has 0 aromatic carbocycles. The van der Waals surface area contributed by atoms with Crippen molar-refractivity contribution in [1.29, 1.82) is 0 Å². The number of rotatable bonds is 6. The van der Waals surface area contributed by atoms with Gasteiger partial charge in [0, 0.05) is 25.7 Å². The SMILES string of the molecule is CC(C)NS(=O)(=O)N1CCC(OCCN)CC1. The van der Waals surface area contributed by atoms with E-state index in [-0.39, 0.29) is 12.1 Å². The van der Waals surface area contributed by atoms with Gasteiger partial charge in [0.1, 0.15) is 0 Å². The molecule has 1 saturated heterocycles. The first-order valence-corrected chi connectivity index (χ1v) is 7.49. The largest absolute Gasteiger partial charge is 0.377 e. The van der Waals surface area contributed by atoms with E-state index in [0.29, 0.717) is 26.2 Å². The number of nitrogens with two attached hydrogens (primary N) is 1. The van der Waals surface area contributed by atoms with Crippen LogP contribution in [-0.4, -0.2) is 51.1 Å². The lowest BCUT2D eigenvalue weighted by molar-refractivity contribution is 0.0255. The van der Waals surface area contributed by atoms with Crippen LogP contribution in [0.1, 0.15) is 26.7 Å². The van der Waals surface area contributed by atoms with E-state index < -0.39 is 10.2 Å². The van der Waals surface area contributed by atoms with Gasteiger partial charge >= 0.3 is 0 Å². The van der Waals surface area contributed by atoms with Gasteiger partial charge in [-0.25, -0.2) is 0 Å². The Morgan fingerprint density at radius 1 is 1.41 bits per heavy atom. The second-order valence-corrected chi connectivity index (χ2v) is 6.24. The van der Waals surface area contributed by atoms with E-state index >= 15 is 0 Å². The fraction of sp³-hybridized carbons (Fsp3) is 1.00. The molecule has 1 heterocycles. The minimum absolute atomic E-state index is 0.0776. The molecule has 1 aliphatic rings. The highest BCUT2D eigenvalue weighted by molar-refractivity contribution is 7.87. The Morgan fingerprint density at radius 2 is 2.00 bits per heavy atom. The maximum Gasteiger partial charge on any atom is 0.279 e. The van der Waals surface area contributed by atoms with Crippen molar-refractivity contribution in [2.45, 2.75) is 38.8 Å². The van der Waals surface area contributed by atoms with E-state index in [1.807, 2.05) is 13.8 Å². The van der Waals surface area contributed by atoms with Crippen molar-refractivity contribution < 1.29 is 13.2 Å². The van der Waals surface area contributed by atoms with Crippen molar-refractivity contribution >= 4 is 10.2 Å². The predicted octanol–water partition coefficient (Wildman–Crippen LogP) is -0.331. The molecule has 1 fully saturated rings. The van der Waals surface area contributed by atoms with Crippen LogP contribution in [0.25, 0.3) is 0 Å². The second-order valence-electron chi connectivity index (χ2n) is 4.54. The first kappa shape index (κ1) is 14.8. The average molecular weight is 265 g/mol. The Kier molecular flexibility index (Phi) is 5.81. The van der Waals surface area contributed by atoms with Gasteiger partial charge in [0.25, 0.3) is 10.2 Å². The van der Waals surface area contributed by atoms with Crippen LogP contribution in [-0.2, 0) is 14.9 Å². The zero-order chi connectivity index (χ0) is 12.9. The van der Waals surface area contributed by atoms with Crippen molar-refractivity contribution in [3.63, 3.8) is 0 Å². The smallest absolute Gasteiger partial charge is 0.279 e. The van der Waals surface area contributed by atoms with Gasteiger partial charge in [-0.1, -0.05) is 0 Å². The normalized spacial score (nSPS) is 20.0. The summed E-state index contributed by atoms with van der Waals surface area (Å²) >= 11 is 0. The van der Waals surface area contributed by atoms with Crippen molar-refractivity contribution in [2.24, 2.45) is 5.73 Å². The number of ether oxygens (including phenoxy) is 1. The fourth-order valence-electron chi connectivity index (χ4n) is 1.85. The van der Waals surface area contributed by atoms with E-state index in [1.165, 1.54) is 4.31 Å². The van der Waals surface area contributed by atoms with E-state index in [0.717, 1.165) is 12.8 Å². The van der Waals surface area contributed by atoms with Crippen molar-refractivity contribution in [1.82, 2.24) is 9.03 Å². The Hall–Kier alpha value is -0.210. The van der Waals surface area contributed by atoms with Gasteiger partial charge in [-0.2, -0.15) is 17.4 Å². The molecule has 1 aliphatic heterocycles. The maximum absolute atomic E-state index is 11.9. The number of hydrogen-bond acceptors (Lipinski definition) is 4. The van der Waals surface area contributed by atoms with E-state index in [2.05, 4.69) is 4.72 Å². The summed E-state index contributed by atoms with van der Waals surface area (Å²) in [6.07, 6.45) is 1.61. The van der Waals surface area contributed by atoms with Crippen LogP contribution in [0, 0.1) is 0 Å². The third-order valence-corrected chi connectivity index (χ3v) is 4.41. The topological polar surface area (TPSA) is 84.7 Å². The van der Waals surface area contributed by atoms with Crippen LogP contribution in [0.5, 0.6) is 0 Å². The molecule has 0 bridgehead atoms. The summed E-state index contributed by atoms with van der Waals surface area (Å²) in [6, 6.07) is -0.0776. The third-order valence-electron chi connectivity index (χ3n) is 2.60. The van der Waals surface area contributed by atoms with Gasteiger partial charge in [0.15, 0.2) is 0 Å². The van der Waals surface area contributed by atoms with Crippen LogP contribution < -0.4 is 10.5 Å². The van der Waals surface area contributed by atoms with Crippen LogP contribution in [0.2, 0.25) is 0 Å². The molecule has 0 saturated carbocycles. The first-order chi connectivity index (χ1) is 7.95. The Labute approximate surface area is 104 Å². The van der Waals surface area contributed by atoms with Gasteiger partial charge < -0.3 is 10.5 Å². The summed E-state index contributed by atoms with van der Waals surface area (Å²) in [4.78, 5) is 0. The summed E-state index contributed by atoms with van der Waals surface area (Å²) in [5.74, 6) is 0. The Morgan fingerprint density at radius 3 is 2.47 bits per heavy atom. The van der Waals surface area contributed by atoms with Crippen molar-refractivity contribution in [3.8, 4) is 0 Å². The number of nitrogens with one attached hydrogen (secondary N) is 1. The molecule has 3 N–H and O–H groups in total. The fourth-order valence-corrected chi connectivity index (χ4v) is 3.28. The molecule has 17 heavy (non-hydrogen) atoms. The third kappa shape index (κ3) is 4.89. The second kappa shape index (κ2) is 6.65. The van der Waals surface area contributed by atoms with Gasteiger partial charge in [0.2, 0.25) is 0 Å². The van der Waals surface area contributed by atoms with Crippen LogP contribution in [0.15, 0.2) is 0 Å². The predicted molar refractivity (Wildman–Crippen MR) is 66.8 cm³/mol. The monoisotopic (exact) mass is 265 g/mol. The lowest BCUT2D eigenvalue weighted by Crippen LogP contribution is -2.48. The summed E-state index contributed by atoms with van der Waals surface area (Å²) in [6.45, 7) is 5.70. The molecular weight excluding hydrogens is 242 g/mol. The highest BCUT2D eigenvalue weighted by Gasteiger charge is 2.28. The molecule has 0 unspecified atom stereocenters. The van der Waals surface area contributed by atoms with E-state index in [1.54, 1.807) is 0 Å². The van der Waals surface area contributed by atoms with Crippen LogP contribution >= 0.6 is 0 Å². The first-order valence-electron chi connectivity index (χ1n) is 6.04. The van der Waals surface area contributed by atoms with Crippen LogP contribution in [0.3, 0.4) is 0 Å². The summed E-state index contributed by atoms with van der Waals surface area (Å²) in [7, 11) is -3.32. The average Bonchev–Trinajstić information content (AvgIpc) is 2.25. The zero-order valence-corrected chi connectivity index (χ0v) is 11.4. The standard InChI is InChI=1S/C10H23N3O3S/c1-9(2)12-17(14,15)13-6-3-10(4-7-13)16-8-5-11/h9-10,12H,3-8,11H2,1-2H3. The molecule has 0 aromatic rings. The summed E-state index contributed by atoms with van der Waals surface area (Å²) in [5, 5.41) is 0. The molecule has 0 atom stereocenters. The highest BCUT2D eigenvalue weighted by Crippen LogP contribution is 2.15. The van der Waals surface area contributed by atoms with Gasteiger partial charge in [-0.15, -0.1) is 0 Å². The Balaban J connectivity index is 2.41. The molecule has 0 amide bonds. The number of piperidine rings is 1. The highest BCUT2D eigenvalue weighted by atomic mass is 32.2. The van der Waals surface area contributed by atoms with Gasteiger partial charge in [-0.05, 0) is 26.7 Å².